The second-order valence-electron chi connectivity index (χ2n) is 7.08. The van der Waals surface area contributed by atoms with Gasteiger partial charge in [-0.3, -0.25) is 19.4 Å². The Bertz CT molecular complexity index is 652. The van der Waals surface area contributed by atoms with Gasteiger partial charge in [-0.25, -0.2) is 4.39 Å². The maximum absolute atomic E-state index is 13.1. The molecule has 3 atom stereocenters. The smallest absolute Gasteiger partial charge is 0.305 e. The summed E-state index contributed by atoms with van der Waals surface area (Å²) in [4.78, 5) is 28.6. The van der Waals surface area contributed by atoms with Crippen LogP contribution in [-0.2, 0) is 20.9 Å². The molecule has 3 rings (SSSR count). The quantitative estimate of drug-likeness (QED) is 0.796. The molecule has 2 heterocycles. The van der Waals surface area contributed by atoms with E-state index in [2.05, 4.69) is 15.1 Å². The predicted octanol–water partition coefficient (Wildman–Crippen LogP) is 1.15. The van der Waals surface area contributed by atoms with Crippen LogP contribution >= 0.6 is 0 Å². The Morgan fingerprint density at radius 1 is 1.35 bits per heavy atom. The Hall–Kier alpha value is -1.99. The number of hydrogen-bond acceptors (Lipinski definition) is 5. The highest BCUT2D eigenvalue weighted by molar-refractivity contribution is 5.83. The highest BCUT2D eigenvalue weighted by Gasteiger charge is 2.44. The van der Waals surface area contributed by atoms with E-state index in [1.54, 1.807) is 12.1 Å². The molecule has 0 spiro atoms. The first-order valence-electron chi connectivity index (χ1n) is 9.04. The molecule has 2 saturated heterocycles. The number of hydrogen-bond donors (Lipinski definition) is 1. The molecule has 0 aliphatic carbocycles. The fourth-order valence-electron chi connectivity index (χ4n) is 4.04. The van der Waals surface area contributed by atoms with Gasteiger partial charge in [-0.1, -0.05) is 12.1 Å². The van der Waals surface area contributed by atoms with Crippen molar-refractivity contribution in [2.45, 2.75) is 43.9 Å². The van der Waals surface area contributed by atoms with E-state index >= 15 is 0 Å². The number of benzene rings is 1. The molecule has 1 aromatic carbocycles. The van der Waals surface area contributed by atoms with Crippen LogP contribution < -0.4 is 5.32 Å². The Labute approximate surface area is 153 Å². The molecule has 2 aliphatic rings. The number of likely N-dealkylation sites (N-methyl/N-ethyl adjacent to an activating group) is 1. The molecule has 7 heteroatoms. The molecule has 0 aromatic heterocycles. The average molecular weight is 363 g/mol. The number of methoxy groups -OCH3 is 1. The van der Waals surface area contributed by atoms with Gasteiger partial charge in [0.15, 0.2) is 0 Å². The van der Waals surface area contributed by atoms with Crippen LogP contribution in [0, 0.1) is 5.82 Å². The van der Waals surface area contributed by atoms with E-state index in [-0.39, 0.29) is 35.8 Å². The lowest BCUT2D eigenvalue weighted by Gasteiger charge is -2.33. The van der Waals surface area contributed by atoms with E-state index in [1.165, 1.54) is 19.2 Å². The van der Waals surface area contributed by atoms with Crippen LogP contribution in [0.25, 0.3) is 0 Å². The molecule has 0 radical (unpaired) electrons. The standard InChI is InChI=1S/C19H26FN3O3/c1-22-15(7-8-17(24)26-2)11-21-19(25)18-16(22)9-10-23(18)12-13-3-5-14(20)6-4-13/h3-6,15-16,18H,7-12H2,1-2H3,(H,21,25). The summed E-state index contributed by atoms with van der Waals surface area (Å²) in [5.74, 6) is -0.453. The first-order valence-corrected chi connectivity index (χ1v) is 9.04. The van der Waals surface area contributed by atoms with Crippen molar-refractivity contribution in [3.05, 3.63) is 35.6 Å². The van der Waals surface area contributed by atoms with Crippen LogP contribution in [0.2, 0.25) is 0 Å². The zero-order valence-electron chi connectivity index (χ0n) is 15.3. The number of amides is 1. The average Bonchev–Trinajstić information content (AvgIpc) is 3.01. The molecule has 1 N–H and O–H groups in total. The van der Waals surface area contributed by atoms with Crippen molar-refractivity contribution < 1.29 is 18.7 Å². The summed E-state index contributed by atoms with van der Waals surface area (Å²) in [5.41, 5.74) is 0.994. The number of esters is 1. The lowest BCUT2D eigenvalue weighted by Crippen LogP contribution is -2.49. The fraction of sp³-hybridized carbons (Fsp3) is 0.579. The second kappa shape index (κ2) is 8.14. The molecule has 0 bridgehead atoms. The summed E-state index contributed by atoms with van der Waals surface area (Å²) >= 11 is 0. The lowest BCUT2D eigenvalue weighted by atomic mass is 10.0. The lowest BCUT2D eigenvalue weighted by molar-refractivity contribution is -0.141. The number of nitrogens with one attached hydrogen (secondary N) is 1. The van der Waals surface area contributed by atoms with Crippen LogP contribution in [0.4, 0.5) is 4.39 Å². The van der Waals surface area contributed by atoms with E-state index in [0.29, 0.717) is 25.9 Å². The summed E-state index contributed by atoms with van der Waals surface area (Å²) in [5, 5.41) is 3.03. The third-order valence-electron chi connectivity index (χ3n) is 5.56. The molecule has 3 unspecified atom stereocenters. The first-order chi connectivity index (χ1) is 12.5. The van der Waals surface area contributed by atoms with Gasteiger partial charge < -0.3 is 10.1 Å². The monoisotopic (exact) mass is 363 g/mol. The van der Waals surface area contributed by atoms with E-state index in [9.17, 15) is 14.0 Å². The van der Waals surface area contributed by atoms with Gasteiger partial charge >= 0.3 is 5.97 Å². The van der Waals surface area contributed by atoms with Gasteiger partial charge in [0.25, 0.3) is 0 Å². The minimum atomic E-state index is -0.256. The van der Waals surface area contributed by atoms with Crippen molar-refractivity contribution in [2.75, 3.05) is 27.2 Å². The van der Waals surface area contributed by atoms with Gasteiger partial charge in [-0.2, -0.15) is 0 Å². The Morgan fingerprint density at radius 2 is 2.08 bits per heavy atom. The molecular formula is C19H26FN3O3. The summed E-state index contributed by atoms with van der Waals surface area (Å²) in [7, 11) is 3.42. The van der Waals surface area contributed by atoms with E-state index in [1.807, 2.05) is 7.05 Å². The molecule has 2 aliphatic heterocycles. The van der Waals surface area contributed by atoms with Gasteiger partial charge in [0.05, 0.1) is 7.11 Å². The molecule has 2 fully saturated rings. The van der Waals surface area contributed by atoms with Crippen molar-refractivity contribution >= 4 is 11.9 Å². The van der Waals surface area contributed by atoms with Crippen LogP contribution in [0.3, 0.4) is 0 Å². The van der Waals surface area contributed by atoms with Crippen LogP contribution in [0.5, 0.6) is 0 Å². The Balaban J connectivity index is 1.69. The molecule has 0 saturated carbocycles. The van der Waals surface area contributed by atoms with Crippen molar-refractivity contribution in [3.8, 4) is 0 Å². The minimum Gasteiger partial charge on any atom is -0.469 e. The van der Waals surface area contributed by atoms with Crippen LogP contribution in [-0.4, -0.2) is 67.0 Å². The fourth-order valence-corrected chi connectivity index (χ4v) is 4.04. The van der Waals surface area contributed by atoms with E-state index in [4.69, 9.17) is 4.74 Å². The third-order valence-corrected chi connectivity index (χ3v) is 5.56. The number of carbonyl (C=O) groups is 2. The molecule has 1 aromatic rings. The molecule has 26 heavy (non-hydrogen) atoms. The van der Waals surface area contributed by atoms with E-state index in [0.717, 1.165) is 18.5 Å². The van der Waals surface area contributed by atoms with Crippen LogP contribution in [0.15, 0.2) is 24.3 Å². The topological polar surface area (TPSA) is 61.9 Å². The first kappa shape index (κ1) is 18.8. The Morgan fingerprint density at radius 3 is 2.77 bits per heavy atom. The number of likely N-dealkylation sites (tertiary alicyclic amines) is 1. The molecule has 1 amide bonds. The highest BCUT2D eigenvalue weighted by atomic mass is 19.1. The summed E-state index contributed by atoms with van der Waals surface area (Å²) in [6, 6.07) is 6.42. The zero-order valence-corrected chi connectivity index (χ0v) is 15.3. The van der Waals surface area contributed by atoms with Gasteiger partial charge in [-0.05, 0) is 37.6 Å². The summed E-state index contributed by atoms with van der Waals surface area (Å²) < 4.78 is 17.8. The van der Waals surface area contributed by atoms with E-state index < -0.39 is 0 Å². The number of rotatable bonds is 5. The summed E-state index contributed by atoms with van der Waals surface area (Å²) in [6.07, 6.45) is 1.90. The maximum atomic E-state index is 13.1. The summed E-state index contributed by atoms with van der Waals surface area (Å²) in [6.45, 7) is 1.97. The second-order valence-corrected chi connectivity index (χ2v) is 7.08. The van der Waals surface area contributed by atoms with Crippen molar-refractivity contribution in [1.29, 1.82) is 0 Å². The number of ether oxygens (including phenoxy) is 1. The van der Waals surface area contributed by atoms with Gasteiger partial charge in [0.2, 0.25) is 5.91 Å². The zero-order chi connectivity index (χ0) is 18.7. The molecule has 6 nitrogen and oxygen atoms in total. The van der Waals surface area contributed by atoms with Crippen molar-refractivity contribution in [2.24, 2.45) is 0 Å². The predicted molar refractivity (Wildman–Crippen MR) is 94.8 cm³/mol. The molecular weight excluding hydrogens is 337 g/mol. The van der Waals surface area contributed by atoms with Gasteiger partial charge in [0, 0.05) is 38.1 Å². The number of nitrogens with zero attached hydrogens (tertiary/aromatic N) is 2. The van der Waals surface area contributed by atoms with Gasteiger partial charge in [0.1, 0.15) is 11.9 Å². The number of halogens is 1. The largest absolute Gasteiger partial charge is 0.469 e. The van der Waals surface area contributed by atoms with Gasteiger partial charge in [-0.15, -0.1) is 0 Å². The highest BCUT2D eigenvalue weighted by Crippen LogP contribution is 2.28. The maximum Gasteiger partial charge on any atom is 0.305 e. The molecule has 142 valence electrons. The Kier molecular flexibility index (Phi) is 5.88. The van der Waals surface area contributed by atoms with Crippen molar-refractivity contribution in [1.82, 2.24) is 15.1 Å². The van der Waals surface area contributed by atoms with Crippen LogP contribution in [0.1, 0.15) is 24.8 Å². The number of carbonyl (C=O) groups excluding carboxylic acids is 2. The van der Waals surface area contributed by atoms with Crippen molar-refractivity contribution in [3.63, 3.8) is 0 Å². The minimum absolute atomic E-state index is 0.0297. The normalized spacial score (nSPS) is 26.9. The third kappa shape index (κ3) is 4.04. The number of fused-ring (bicyclic) bond motifs is 1. The SMILES string of the molecule is COC(=O)CCC1CNC(=O)C2C(CCN2Cc2ccc(F)cc2)N1C.